The first kappa shape index (κ1) is 11.7. The largest absolute Gasteiger partial charge is 0.333 e. The molecule has 5 heteroatoms. The van der Waals surface area contributed by atoms with Crippen molar-refractivity contribution in [2.24, 2.45) is 0 Å². The van der Waals surface area contributed by atoms with Gasteiger partial charge in [0, 0.05) is 19.6 Å². The van der Waals surface area contributed by atoms with Gasteiger partial charge in [0.2, 0.25) is 13.3 Å². The first-order valence-electron chi connectivity index (χ1n) is 4.93. The summed E-state index contributed by atoms with van der Waals surface area (Å²) in [5.74, 6) is 0.0967. The van der Waals surface area contributed by atoms with Gasteiger partial charge in [0.05, 0.1) is 12.4 Å². The van der Waals surface area contributed by atoms with Crippen LogP contribution in [0.25, 0.3) is 0 Å². The SMILES string of the molecule is CC(C)OP(C)(=O)CN1CCCC1=O. The standard InChI is InChI=1S/C9H18NO3P/c1-8(2)13-14(3,12)7-10-6-4-5-9(10)11/h8H,4-7H2,1-3H3. The Hall–Kier alpha value is -0.340. The summed E-state index contributed by atoms with van der Waals surface area (Å²) in [4.78, 5) is 12.9. The topological polar surface area (TPSA) is 46.6 Å². The average molecular weight is 219 g/mol. The molecular formula is C9H18NO3P. The van der Waals surface area contributed by atoms with Gasteiger partial charge < -0.3 is 9.42 Å². The van der Waals surface area contributed by atoms with E-state index in [4.69, 9.17) is 4.52 Å². The Bertz CT molecular complexity index is 265. The Morgan fingerprint density at radius 2 is 2.21 bits per heavy atom. The van der Waals surface area contributed by atoms with Crippen molar-refractivity contribution in [3.8, 4) is 0 Å². The van der Waals surface area contributed by atoms with Crippen molar-refractivity contribution in [2.75, 3.05) is 19.5 Å². The van der Waals surface area contributed by atoms with Crippen LogP contribution in [0.4, 0.5) is 0 Å². The number of amides is 1. The van der Waals surface area contributed by atoms with Crippen LogP contribution in [0.15, 0.2) is 0 Å². The second-order valence-electron chi connectivity index (χ2n) is 4.07. The van der Waals surface area contributed by atoms with E-state index in [1.165, 1.54) is 0 Å². The first-order chi connectivity index (χ1) is 6.41. The molecule has 82 valence electrons. The van der Waals surface area contributed by atoms with Crippen LogP contribution in [0.1, 0.15) is 26.7 Å². The molecule has 0 aliphatic carbocycles. The Kier molecular flexibility index (Phi) is 3.73. The van der Waals surface area contributed by atoms with Gasteiger partial charge in [0.1, 0.15) is 0 Å². The summed E-state index contributed by atoms with van der Waals surface area (Å²) in [7, 11) is -2.63. The Morgan fingerprint density at radius 1 is 1.57 bits per heavy atom. The monoisotopic (exact) mass is 219 g/mol. The first-order valence-corrected chi connectivity index (χ1v) is 7.19. The number of hydrogen-bond donors (Lipinski definition) is 0. The summed E-state index contributed by atoms with van der Waals surface area (Å²) in [5.41, 5.74) is 0. The highest BCUT2D eigenvalue weighted by molar-refractivity contribution is 7.58. The molecular weight excluding hydrogens is 201 g/mol. The fraction of sp³-hybridized carbons (Fsp3) is 0.889. The maximum atomic E-state index is 11.9. The number of hydrogen-bond acceptors (Lipinski definition) is 3. The van der Waals surface area contributed by atoms with Crippen molar-refractivity contribution in [3.05, 3.63) is 0 Å². The van der Waals surface area contributed by atoms with E-state index in [9.17, 15) is 9.36 Å². The smallest absolute Gasteiger partial charge is 0.223 e. The second-order valence-corrected chi connectivity index (χ2v) is 6.59. The second kappa shape index (κ2) is 4.45. The zero-order valence-electron chi connectivity index (χ0n) is 9.02. The number of nitrogens with zero attached hydrogens (tertiary/aromatic N) is 1. The van der Waals surface area contributed by atoms with E-state index in [1.54, 1.807) is 11.6 Å². The van der Waals surface area contributed by atoms with E-state index in [1.807, 2.05) is 13.8 Å². The van der Waals surface area contributed by atoms with E-state index >= 15 is 0 Å². The number of carbonyl (C=O) groups is 1. The molecule has 0 aromatic heterocycles. The van der Waals surface area contributed by atoms with E-state index in [-0.39, 0.29) is 18.3 Å². The summed E-state index contributed by atoms with van der Waals surface area (Å²) in [6.45, 7) is 6.01. The van der Waals surface area contributed by atoms with Crippen LogP contribution < -0.4 is 0 Å². The number of rotatable bonds is 4. The van der Waals surface area contributed by atoms with Crippen LogP contribution in [-0.4, -0.2) is 36.4 Å². The highest BCUT2D eigenvalue weighted by Crippen LogP contribution is 2.45. The van der Waals surface area contributed by atoms with Crippen LogP contribution in [0.5, 0.6) is 0 Å². The molecule has 14 heavy (non-hydrogen) atoms. The predicted octanol–water partition coefficient (Wildman–Crippen LogP) is 1.90. The molecule has 0 N–H and O–H groups in total. The summed E-state index contributed by atoms with van der Waals surface area (Å²) < 4.78 is 17.2. The molecule has 1 rings (SSSR count). The van der Waals surface area contributed by atoms with Crippen molar-refractivity contribution in [1.82, 2.24) is 4.90 Å². The maximum Gasteiger partial charge on any atom is 0.223 e. The summed E-state index contributed by atoms with van der Waals surface area (Å²) in [6, 6.07) is 0. The zero-order chi connectivity index (χ0) is 10.8. The van der Waals surface area contributed by atoms with Crippen LogP contribution in [0.3, 0.4) is 0 Å². The summed E-state index contributed by atoms with van der Waals surface area (Å²) in [5, 5.41) is 0. The highest BCUT2D eigenvalue weighted by Gasteiger charge is 2.28. The van der Waals surface area contributed by atoms with Crippen LogP contribution in [0, 0.1) is 0 Å². The van der Waals surface area contributed by atoms with Crippen molar-refractivity contribution in [3.63, 3.8) is 0 Å². The third-order valence-corrected chi connectivity index (χ3v) is 3.76. The van der Waals surface area contributed by atoms with Crippen LogP contribution in [0.2, 0.25) is 0 Å². The van der Waals surface area contributed by atoms with Gasteiger partial charge in [-0.05, 0) is 20.3 Å². The quantitative estimate of drug-likeness (QED) is 0.678. The molecule has 0 radical (unpaired) electrons. The molecule has 0 aromatic rings. The van der Waals surface area contributed by atoms with E-state index < -0.39 is 7.37 Å². The lowest BCUT2D eigenvalue weighted by atomic mass is 10.4. The number of likely N-dealkylation sites (tertiary alicyclic amines) is 1. The van der Waals surface area contributed by atoms with Crippen LogP contribution in [-0.2, 0) is 13.9 Å². The van der Waals surface area contributed by atoms with E-state index in [2.05, 4.69) is 0 Å². The minimum Gasteiger partial charge on any atom is -0.333 e. The lowest BCUT2D eigenvalue weighted by molar-refractivity contribution is -0.127. The average Bonchev–Trinajstić information content (AvgIpc) is 2.32. The van der Waals surface area contributed by atoms with Crippen molar-refractivity contribution >= 4 is 13.3 Å². The molecule has 0 bridgehead atoms. The molecule has 1 unspecified atom stereocenters. The van der Waals surface area contributed by atoms with Gasteiger partial charge >= 0.3 is 0 Å². The molecule has 1 fully saturated rings. The maximum absolute atomic E-state index is 11.9. The van der Waals surface area contributed by atoms with Crippen molar-refractivity contribution in [1.29, 1.82) is 0 Å². The summed E-state index contributed by atoms with van der Waals surface area (Å²) in [6.07, 6.45) is 1.68. The molecule has 0 saturated carbocycles. The Balaban J connectivity index is 2.49. The molecule has 4 nitrogen and oxygen atoms in total. The highest BCUT2D eigenvalue weighted by atomic mass is 31.2. The minimum atomic E-state index is -2.63. The lowest BCUT2D eigenvalue weighted by Gasteiger charge is -2.22. The van der Waals surface area contributed by atoms with Crippen molar-refractivity contribution in [2.45, 2.75) is 32.8 Å². The Labute approximate surface area is 85.1 Å². The van der Waals surface area contributed by atoms with Crippen molar-refractivity contribution < 1.29 is 13.9 Å². The molecule has 1 aliphatic rings. The molecule has 1 aliphatic heterocycles. The molecule has 1 atom stereocenters. The zero-order valence-corrected chi connectivity index (χ0v) is 9.92. The third kappa shape index (κ3) is 3.43. The molecule has 0 spiro atoms. The molecule has 1 heterocycles. The normalized spacial score (nSPS) is 21.7. The third-order valence-electron chi connectivity index (χ3n) is 2.03. The fourth-order valence-electron chi connectivity index (χ4n) is 1.64. The van der Waals surface area contributed by atoms with Gasteiger partial charge in [-0.15, -0.1) is 0 Å². The van der Waals surface area contributed by atoms with Gasteiger partial charge in [-0.3, -0.25) is 9.36 Å². The van der Waals surface area contributed by atoms with Gasteiger partial charge in [-0.1, -0.05) is 0 Å². The van der Waals surface area contributed by atoms with Crippen LogP contribution >= 0.6 is 7.37 Å². The van der Waals surface area contributed by atoms with Gasteiger partial charge in [-0.25, -0.2) is 0 Å². The number of carbonyl (C=O) groups excluding carboxylic acids is 1. The lowest BCUT2D eigenvalue weighted by Crippen LogP contribution is -2.26. The van der Waals surface area contributed by atoms with Gasteiger partial charge in [-0.2, -0.15) is 0 Å². The molecule has 1 amide bonds. The predicted molar refractivity (Wildman–Crippen MR) is 55.6 cm³/mol. The van der Waals surface area contributed by atoms with E-state index in [0.29, 0.717) is 6.42 Å². The molecule has 0 aromatic carbocycles. The fourth-order valence-corrected chi connectivity index (χ4v) is 3.52. The summed E-state index contributed by atoms with van der Waals surface area (Å²) >= 11 is 0. The van der Waals surface area contributed by atoms with Gasteiger partial charge in [0.15, 0.2) is 0 Å². The minimum absolute atomic E-state index is 0.0523. The Morgan fingerprint density at radius 3 is 2.64 bits per heavy atom. The van der Waals surface area contributed by atoms with Gasteiger partial charge in [0.25, 0.3) is 0 Å². The van der Waals surface area contributed by atoms with E-state index in [0.717, 1.165) is 13.0 Å². The molecule has 1 saturated heterocycles.